The zero-order valence-corrected chi connectivity index (χ0v) is 14.1. The van der Waals surface area contributed by atoms with Crippen LogP contribution in [0.2, 0.25) is 0 Å². The first-order chi connectivity index (χ1) is 11.8. The maximum absolute atomic E-state index is 5.93. The molecule has 0 N–H and O–H groups in total. The van der Waals surface area contributed by atoms with E-state index >= 15 is 0 Å². The lowest BCUT2D eigenvalue weighted by atomic mass is 10.0. The van der Waals surface area contributed by atoms with Crippen molar-refractivity contribution in [3.8, 4) is 0 Å². The van der Waals surface area contributed by atoms with Crippen LogP contribution in [0.1, 0.15) is 11.3 Å². The molecule has 4 rings (SSSR count). The van der Waals surface area contributed by atoms with Crippen molar-refractivity contribution in [3.05, 3.63) is 66.1 Å². The van der Waals surface area contributed by atoms with Crippen LogP contribution in [-0.4, -0.2) is 47.5 Å². The number of pyridine rings is 1. The number of hydrogen-bond acceptors (Lipinski definition) is 4. The Labute approximate surface area is 142 Å². The van der Waals surface area contributed by atoms with Crippen molar-refractivity contribution in [2.75, 3.05) is 26.7 Å². The molecule has 0 amide bonds. The van der Waals surface area contributed by atoms with Crippen molar-refractivity contribution in [2.45, 2.75) is 19.0 Å². The third-order valence-corrected chi connectivity index (χ3v) is 4.89. The summed E-state index contributed by atoms with van der Waals surface area (Å²) >= 11 is 0. The van der Waals surface area contributed by atoms with Gasteiger partial charge in [0.1, 0.15) is 11.3 Å². The Morgan fingerprint density at radius 1 is 1.12 bits per heavy atom. The summed E-state index contributed by atoms with van der Waals surface area (Å²) in [6.45, 7) is 4.09. The lowest BCUT2D eigenvalue weighted by molar-refractivity contribution is 0.0860. The van der Waals surface area contributed by atoms with Gasteiger partial charge in [0.25, 0.3) is 0 Å². The molecule has 1 aliphatic rings. The van der Waals surface area contributed by atoms with Gasteiger partial charge in [0.15, 0.2) is 5.58 Å². The monoisotopic (exact) mass is 321 g/mol. The predicted octanol–water partition coefficient (Wildman–Crippen LogP) is 3.19. The third kappa shape index (κ3) is 3.35. The fourth-order valence-electron chi connectivity index (χ4n) is 3.48. The molecule has 2 aromatic heterocycles. The van der Waals surface area contributed by atoms with Crippen LogP contribution in [-0.2, 0) is 13.0 Å². The number of piperazine rings is 1. The van der Waals surface area contributed by atoms with E-state index in [0.29, 0.717) is 6.04 Å². The molecule has 3 heterocycles. The van der Waals surface area contributed by atoms with Gasteiger partial charge in [-0.25, -0.2) is 0 Å². The second-order valence-electron chi connectivity index (χ2n) is 6.66. The molecule has 4 heteroatoms. The molecule has 0 saturated carbocycles. The van der Waals surface area contributed by atoms with Gasteiger partial charge in [-0.2, -0.15) is 0 Å². The van der Waals surface area contributed by atoms with Gasteiger partial charge in [-0.15, -0.1) is 0 Å². The number of hydrogen-bond donors (Lipinski definition) is 0. The van der Waals surface area contributed by atoms with Gasteiger partial charge in [-0.1, -0.05) is 30.3 Å². The molecule has 24 heavy (non-hydrogen) atoms. The van der Waals surface area contributed by atoms with Gasteiger partial charge in [-0.3, -0.25) is 9.88 Å². The van der Waals surface area contributed by atoms with Crippen LogP contribution in [0.5, 0.6) is 0 Å². The fraction of sp³-hybridized carbons (Fsp3) is 0.350. The SMILES string of the molecule is CN1CCN(Cc2cc3ncccc3o2)CC1Cc1ccccc1. The first-order valence-electron chi connectivity index (χ1n) is 8.58. The summed E-state index contributed by atoms with van der Waals surface area (Å²) in [6, 6.07) is 17.3. The molecule has 0 spiro atoms. The standard InChI is InChI=1S/C20H23N3O/c1-22-10-11-23(14-17(22)12-16-6-3-2-4-7-16)15-18-13-19-20(24-18)8-5-9-21-19/h2-9,13,17H,10-12,14-15H2,1H3. The Kier molecular flexibility index (Phi) is 4.32. The molecule has 1 saturated heterocycles. The van der Waals surface area contributed by atoms with E-state index in [0.717, 1.165) is 49.5 Å². The highest BCUT2D eigenvalue weighted by molar-refractivity contribution is 5.72. The van der Waals surface area contributed by atoms with E-state index < -0.39 is 0 Å². The number of aromatic nitrogens is 1. The largest absolute Gasteiger partial charge is 0.458 e. The van der Waals surface area contributed by atoms with Crippen LogP contribution in [0, 0.1) is 0 Å². The highest BCUT2D eigenvalue weighted by Gasteiger charge is 2.25. The van der Waals surface area contributed by atoms with Crippen LogP contribution in [0.15, 0.2) is 59.1 Å². The zero-order valence-electron chi connectivity index (χ0n) is 14.1. The van der Waals surface area contributed by atoms with Gasteiger partial charge >= 0.3 is 0 Å². The summed E-state index contributed by atoms with van der Waals surface area (Å²) in [5, 5.41) is 0. The Morgan fingerprint density at radius 2 is 2.00 bits per heavy atom. The second kappa shape index (κ2) is 6.75. The van der Waals surface area contributed by atoms with Gasteiger partial charge < -0.3 is 9.32 Å². The van der Waals surface area contributed by atoms with Gasteiger partial charge in [0.2, 0.25) is 0 Å². The number of nitrogens with zero attached hydrogens (tertiary/aromatic N) is 3. The molecule has 0 aliphatic carbocycles. The Bertz CT molecular complexity index is 766. The quantitative estimate of drug-likeness (QED) is 0.739. The zero-order chi connectivity index (χ0) is 16.4. The summed E-state index contributed by atoms with van der Waals surface area (Å²) in [6.07, 6.45) is 2.91. The lowest BCUT2D eigenvalue weighted by Gasteiger charge is -2.39. The van der Waals surface area contributed by atoms with Gasteiger partial charge in [-0.05, 0) is 31.2 Å². The van der Waals surface area contributed by atoms with Crippen LogP contribution >= 0.6 is 0 Å². The first kappa shape index (κ1) is 15.4. The first-order valence-corrected chi connectivity index (χ1v) is 8.58. The summed E-state index contributed by atoms with van der Waals surface area (Å²) in [5.41, 5.74) is 3.23. The predicted molar refractivity (Wildman–Crippen MR) is 95.9 cm³/mol. The normalized spacial score (nSPS) is 19.8. The molecular formula is C20H23N3O. The van der Waals surface area contributed by atoms with E-state index in [-0.39, 0.29) is 0 Å². The van der Waals surface area contributed by atoms with Crippen molar-refractivity contribution in [3.63, 3.8) is 0 Å². The minimum absolute atomic E-state index is 0.545. The molecule has 1 atom stereocenters. The highest BCUT2D eigenvalue weighted by Crippen LogP contribution is 2.20. The average Bonchev–Trinajstić information content (AvgIpc) is 3.01. The average molecular weight is 321 g/mol. The van der Waals surface area contributed by atoms with E-state index in [9.17, 15) is 0 Å². The lowest BCUT2D eigenvalue weighted by Crippen LogP contribution is -2.51. The van der Waals surface area contributed by atoms with Crippen LogP contribution < -0.4 is 0 Å². The van der Waals surface area contributed by atoms with Crippen LogP contribution in [0.25, 0.3) is 11.1 Å². The molecule has 3 aromatic rings. The van der Waals surface area contributed by atoms with E-state index in [4.69, 9.17) is 4.42 Å². The van der Waals surface area contributed by atoms with Gasteiger partial charge in [0, 0.05) is 37.9 Å². The maximum Gasteiger partial charge on any atom is 0.152 e. The molecule has 1 fully saturated rings. The molecule has 1 aromatic carbocycles. The van der Waals surface area contributed by atoms with E-state index in [1.165, 1.54) is 5.56 Å². The van der Waals surface area contributed by atoms with Crippen LogP contribution in [0.3, 0.4) is 0 Å². The topological polar surface area (TPSA) is 32.5 Å². The maximum atomic E-state index is 5.93. The van der Waals surface area contributed by atoms with E-state index in [1.807, 2.05) is 18.3 Å². The minimum Gasteiger partial charge on any atom is -0.458 e. The number of rotatable bonds is 4. The van der Waals surface area contributed by atoms with Gasteiger partial charge in [0.05, 0.1) is 6.54 Å². The summed E-state index contributed by atoms with van der Waals surface area (Å²) in [4.78, 5) is 9.32. The Balaban J connectivity index is 1.44. The van der Waals surface area contributed by atoms with Crippen molar-refractivity contribution in [2.24, 2.45) is 0 Å². The number of likely N-dealkylation sites (N-methyl/N-ethyl adjacent to an activating group) is 1. The molecule has 1 unspecified atom stereocenters. The summed E-state index contributed by atoms with van der Waals surface area (Å²) < 4.78 is 5.93. The van der Waals surface area contributed by atoms with Crippen molar-refractivity contribution < 1.29 is 4.42 Å². The Hall–Kier alpha value is -2.17. The van der Waals surface area contributed by atoms with Crippen molar-refractivity contribution in [1.82, 2.24) is 14.8 Å². The smallest absolute Gasteiger partial charge is 0.152 e. The number of benzene rings is 1. The molecule has 0 bridgehead atoms. The second-order valence-corrected chi connectivity index (χ2v) is 6.66. The molecule has 124 valence electrons. The minimum atomic E-state index is 0.545. The van der Waals surface area contributed by atoms with Crippen LogP contribution in [0.4, 0.5) is 0 Å². The van der Waals surface area contributed by atoms with Crippen molar-refractivity contribution >= 4 is 11.1 Å². The highest BCUT2D eigenvalue weighted by atomic mass is 16.3. The van der Waals surface area contributed by atoms with E-state index in [2.05, 4.69) is 58.2 Å². The van der Waals surface area contributed by atoms with E-state index in [1.54, 1.807) is 0 Å². The third-order valence-electron chi connectivity index (χ3n) is 4.89. The number of furan rings is 1. The number of fused-ring (bicyclic) bond motifs is 1. The Morgan fingerprint density at radius 3 is 2.83 bits per heavy atom. The fourth-order valence-corrected chi connectivity index (χ4v) is 3.48. The molecule has 0 radical (unpaired) electrons. The summed E-state index contributed by atoms with van der Waals surface area (Å²) in [7, 11) is 2.23. The molecular weight excluding hydrogens is 298 g/mol. The summed E-state index contributed by atoms with van der Waals surface area (Å²) in [5.74, 6) is 1.01. The molecule has 4 nitrogen and oxygen atoms in total. The molecule has 1 aliphatic heterocycles. The van der Waals surface area contributed by atoms with Crippen molar-refractivity contribution in [1.29, 1.82) is 0 Å².